The molecule has 1 unspecified atom stereocenters. The van der Waals surface area contributed by atoms with Crippen molar-refractivity contribution in [1.29, 1.82) is 0 Å². The maximum Gasteiger partial charge on any atom is 0.393 e. The quantitative estimate of drug-likeness (QED) is 0.884. The molecule has 0 spiro atoms. The lowest BCUT2D eigenvalue weighted by atomic mass is 9.97. The first-order chi connectivity index (χ1) is 8.86. The van der Waals surface area contributed by atoms with Gasteiger partial charge in [-0.25, -0.2) is 0 Å². The molecular weight excluding hydrogens is 261 g/mol. The van der Waals surface area contributed by atoms with Crippen LogP contribution in [-0.2, 0) is 11.3 Å². The van der Waals surface area contributed by atoms with E-state index in [1.807, 2.05) is 0 Å². The lowest BCUT2D eigenvalue weighted by Crippen LogP contribution is -2.45. The zero-order valence-corrected chi connectivity index (χ0v) is 10.2. The minimum atomic E-state index is -4.24. The Morgan fingerprint density at radius 2 is 2.26 bits per heavy atom. The topological polar surface area (TPSA) is 64.1 Å². The predicted molar refractivity (Wildman–Crippen MR) is 62.0 cm³/mol. The fraction of sp³-hybridized carbons (Fsp3) is 0.636. The fourth-order valence-electron chi connectivity index (χ4n) is 2.18. The summed E-state index contributed by atoms with van der Waals surface area (Å²) in [5.41, 5.74) is 5.87. The average molecular weight is 276 g/mol. The zero-order chi connectivity index (χ0) is 14.0. The molecular formula is C11H15F3N4O. The zero-order valence-electron chi connectivity index (χ0n) is 10.2. The van der Waals surface area contributed by atoms with Crippen LogP contribution in [0.25, 0.3) is 0 Å². The van der Waals surface area contributed by atoms with Gasteiger partial charge in [-0.2, -0.15) is 18.3 Å². The van der Waals surface area contributed by atoms with Gasteiger partial charge in [0, 0.05) is 19.3 Å². The van der Waals surface area contributed by atoms with E-state index in [1.165, 1.54) is 22.0 Å². The van der Waals surface area contributed by atoms with Gasteiger partial charge in [0.2, 0.25) is 5.91 Å². The number of halogens is 3. The van der Waals surface area contributed by atoms with Gasteiger partial charge in [-0.3, -0.25) is 9.48 Å². The standard InChI is InChI=1S/C11H15F3N4O/c12-11(13,14)8-2-1-3-17(5-8)10(19)7-18-6-9(15)4-16-18/h4,6,8H,1-3,5,7,15H2. The Kier molecular flexibility index (Phi) is 3.68. The molecule has 1 saturated heterocycles. The van der Waals surface area contributed by atoms with Crippen LogP contribution in [0.2, 0.25) is 0 Å². The summed E-state index contributed by atoms with van der Waals surface area (Å²) in [5.74, 6) is -1.79. The first-order valence-electron chi connectivity index (χ1n) is 5.98. The molecule has 1 aliphatic heterocycles. The summed E-state index contributed by atoms with van der Waals surface area (Å²) in [6.07, 6.45) is -0.917. The molecule has 1 fully saturated rings. The number of amides is 1. The van der Waals surface area contributed by atoms with E-state index in [2.05, 4.69) is 5.10 Å². The molecule has 5 nitrogen and oxygen atoms in total. The fourth-order valence-corrected chi connectivity index (χ4v) is 2.18. The first kappa shape index (κ1) is 13.7. The van der Waals surface area contributed by atoms with E-state index >= 15 is 0 Å². The molecule has 0 saturated carbocycles. The number of nitrogens with zero attached hydrogens (tertiary/aromatic N) is 3. The monoisotopic (exact) mass is 276 g/mol. The van der Waals surface area contributed by atoms with Gasteiger partial charge in [0.1, 0.15) is 6.54 Å². The van der Waals surface area contributed by atoms with Crippen LogP contribution in [0.4, 0.5) is 18.9 Å². The molecule has 1 aromatic rings. The summed E-state index contributed by atoms with van der Waals surface area (Å²) in [4.78, 5) is 13.2. The number of rotatable bonds is 2. The van der Waals surface area contributed by atoms with Gasteiger partial charge < -0.3 is 10.6 Å². The Balaban J connectivity index is 1.95. The Morgan fingerprint density at radius 1 is 1.53 bits per heavy atom. The molecule has 2 heterocycles. The van der Waals surface area contributed by atoms with Gasteiger partial charge in [-0.05, 0) is 12.8 Å². The molecule has 0 aliphatic carbocycles. The number of hydrogen-bond acceptors (Lipinski definition) is 3. The van der Waals surface area contributed by atoms with Gasteiger partial charge in [0.05, 0.1) is 17.8 Å². The minimum absolute atomic E-state index is 0.0816. The van der Waals surface area contributed by atoms with Gasteiger partial charge in [0.25, 0.3) is 0 Å². The Hall–Kier alpha value is -1.73. The number of nitrogens with two attached hydrogens (primary N) is 1. The molecule has 0 radical (unpaired) electrons. The highest BCUT2D eigenvalue weighted by Crippen LogP contribution is 2.33. The van der Waals surface area contributed by atoms with Gasteiger partial charge >= 0.3 is 6.18 Å². The summed E-state index contributed by atoms with van der Waals surface area (Å²) >= 11 is 0. The number of carbonyl (C=O) groups excluding carboxylic acids is 1. The third-order valence-corrected chi connectivity index (χ3v) is 3.19. The number of nitrogen functional groups attached to an aromatic ring is 1. The SMILES string of the molecule is Nc1cnn(CC(=O)N2CCCC(C(F)(F)F)C2)c1. The highest BCUT2D eigenvalue weighted by Gasteiger charge is 2.42. The number of carbonyl (C=O) groups is 1. The smallest absolute Gasteiger partial charge is 0.393 e. The summed E-state index contributed by atoms with van der Waals surface area (Å²) in [6, 6.07) is 0. The van der Waals surface area contributed by atoms with E-state index < -0.39 is 12.1 Å². The number of piperidine rings is 1. The number of hydrogen-bond donors (Lipinski definition) is 1. The third-order valence-electron chi connectivity index (χ3n) is 3.19. The molecule has 1 aromatic heterocycles. The minimum Gasteiger partial charge on any atom is -0.396 e. The van der Waals surface area contributed by atoms with Crippen molar-refractivity contribution in [1.82, 2.24) is 14.7 Å². The molecule has 8 heteroatoms. The van der Waals surface area contributed by atoms with Crippen molar-refractivity contribution in [3.63, 3.8) is 0 Å². The molecule has 0 bridgehead atoms. The summed E-state index contributed by atoms with van der Waals surface area (Å²) in [5, 5.41) is 3.84. The van der Waals surface area contributed by atoms with Crippen LogP contribution < -0.4 is 5.73 Å². The lowest BCUT2D eigenvalue weighted by molar-refractivity contribution is -0.188. The highest BCUT2D eigenvalue weighted by molar-refractivity contribution is 5.76. The van der Waals surface area contributed by atoms with Gasteiger partial charge in [-0.15, -0.1) is 0 Å². The third kappa shape index (κ3) is 3.39. The normalized spacial score (nSPS) is 20.6. The molecule has 1 atom stereocenters. The van der Waals surface area contributed by atoms with Crippen molar-refractivity contribution in [2.24, 2.45) is 5.92 Å². The van der Waals surface area contributed by atoms with E-state index in [1.54, 1.807) is 0 Å². The van der Waals surface area contributed by atoms with Crippen LogP contribution in [0.15, 0.2) is 12.4 Å². The van der Waals surface area contributed by atoms with E-state index in [0.29, 0.717) is 18.7 Å². The Labute approximate surface area is 108 Å². The van der Waals surface area contributed by atoms with Crippen LogP contribution in [0.5, 0.6) is 0 Å². The molecule has 2 rings (SSSR count). The van der Waals surface area contributed by atoms with Crippen molar-refractivity contribution in [2.45, 2.75) is 25.6 Å². The van der Waals surface area contributed by atoms with Gasteiger partial charge in [-0.1, -0.05) is 0 Å². The maximum absolute atomic E-state index is 12.6. The number of aromatic nitrogens is 2. The second kappa shape index (κ2) is 5.10. The van der Waals surface area contributed by atoms with Crippen LogP contribution in [0.3, 0.4) is 0 Å². The second-order valence-electron chi connectivity index (χ2n) is 4.69. The number of alkyl halides is 3. The average Bonchev–Trinajstić information content (AvgIpc) is 2.74. The van der Waals surface area contributed by atoms with Crippen LogP contribution >= 0.6 is 0 Å². The van der Waals surface area contributed by atoms with E-state index in [0.717, 1.165) is 0 Å². The largest absolute Gasteiger partial charge is 0.396 e. The molecule has 2 N–H and O–H groups in total. The lowest BCUT2D eigenvalue weighted by Gasteiger charge is -2.33. The second-order valence-corrected chi connectivity index (χ2v) is 4.69. The molecule has 19 heavy (non-hydrogen) atoms. The molecule has 1 amide bonds. The molecule has 106 valence electrons. The summed E-state index contributed by atoms with van der Waals surface area (Å²) in [7, 11) is 0. The summed E-state index contributed by atoms with van der Waals surface area (Å²) in [6.45, 7) is 0.0169. The van der Waals surface area contributed by atoms with E-state index in [9.17, 15) is 18.0 Å². The van der Waals surface area contributed by atoms with Crippen molar-refractivity contribution >= 4 is 11.6 Å². The van der Waals surface area contributed by atoms with Crippen molar-refractivity contribution in [3.8, 4) is 0 Å². The van der Waals surface area contributed by atoms with Crippen LogP contribution in [0.1, 0.15) is 12.8 Å². The highest BCUT2D eigenvalue weighted by atomic mass is 19.4. The predicted octanol–water partition coefficient (Wildman–Crippen LogP) is 1.27. The van der Waals surface area contributed by atoms with Crippen LogP contribution in [0, 0.1) is 5.92 Å². The molecule has 0 aromatic carbocycles. The van der Waals surface area contributed by atoms with Crippen molar-refractivity contribution in [2.75, 3.05) is 18.8 Å². The van der Waals surface area contributed by atoms with E-state index in [4.69, 9.17) is 5.73 Å². The molecule has 1 aliphatic rings. The van der Waals surface area contributed by atoms with Crippen molar-refractivity contribution < 1.29 is 18.0 Å². The Bertz CT molecular complexity index is 457. The summed E-state index contributed by atoms with van der Waals surface area (Å²) < 4.78 is 39.2. The Morgan fingerprint density at radius 3 is 2.84 bits per heavy atom. The maximum atomic E-state index is 12.6. The first-order valence-corrected chi connectivity index (χ1v) is 5.98. The van der Waals surface area contributed by atoms with Crippen LogP contribution in [-0.4, -0.2) is 39.9 Å². The van der Waals surface area contributed by atoms with Gasteiger partial charge in [0.15, 0.2) is 0 Å². The number of anilines is 1. The van der Waals surface area contributed by atoms with E-state index in [-0.39, 0.29) is 25.4 Å². The number of likely N-dealkylation sites (tertiary alicyclic amines) is 1. The van der Waals surface area contributed by atoms with Crippen molar-refractivity contribution in [3.05, 3.63) is 12.4 Å².